The van der Waals surface area contributed by atoms with Crippen molar-refractivity contribution < 1.29 is 13.6 Å². The SMILES string of the molecule is CNC(=O)c1ccc(Br)cc1N1CCN(CC(F)F)CC1. The minimum absolute atomic E-state index is 0.146. The second-order valence-electron chi connectivity index (χ2n) is 4.92. The van der Waals surface area contributed by atoms with E-state index >= 15 is 0 Å². The molecule has 0 atom stereocenters. The van der Waals surface area contributed by atoms with Gasteiger partial charge in [0.05, 0.1) is 17.8 Å². The molecule has 1 aliphatic heterocycles. The maximum Gasteiger partial charge on any atom is 0.253 e. The molecule has 4 nitrogen and oxygen atoms in total. The van der Waals surface area contributed by atoms with Crippen LogP contribution in [0.1, 0.15) is 10.4 Å². The van der Waals surface area contributed by atoms with Gasteiger partial charge in [-0.05, 0) is 18.2 Å². The molecule has 1 aromatic carbocycles. The molecule has 0 unspecified atom stereocenters. The van der Waals surface area contributed by atoms with E-state index < -0.39 is 6.43 Å². The van der Waals surface area contributed by atoms with Crippen molar-refractivity contribution >= 4 is 27.5 Å². The van der Waals surface area contributed by atoms with Gasteiger partial charge in [0.25, 0.3) is 12.3 Å². The Balaban J connectivity index is 2.12. The van der Waals surface area contributed by atoms with E-state index in [1.807, 2.05) is 12.1 Å². The van der Waals surface area contributed by atoms with Crippen LogP contribution >= 0.6 is 15.9 Å². The van der Waals surface area contributed by atoms with Gasteiger partial charge in [-0.1, -0.05) is 15.9 Å². The Morgan fingerprint density at radius 2 is 2.00 bits per heavy atom. The molecule has 0 aliphatic carbocycles. The van der Waals surface area contributed by atoms with E-state index in [0.717, 1.165) is 10.2 Å². The molecular formula is C14H18BrF2N3O. The first kappa shape index (κ1) is 16.2. The molecule has 1 amide bonds. The zero-order valence-corrected chi connectivity index (χ0v) is 13.4. The quantitative estimate of drug-likeness (QED) is 0.892. The van der Waals surface area contributed by atoms with Crippen molar-refractivity contribution in [3.63, 3.8) is 0 Å². The molecule has 1 aromatic rings. The zero-order chi connectivity index (χ0) is 15.4. The van der Waals surface area contributed by atoms with Gasteiger partial charge in [0.1, 0.15) is 0 Å². The van der Waals surface area contributed by atoms with Gasteiger partial charge < -0.3 is 10.2 Å². The van der Waals surface area contributed by atoms with E-state index in [1.54, 1.807) is 18.0 Å². The van der Waals surface area contributed by atoms with Gasteiger partial charge in [-0.15, -0.1) is 0 Å². The molecule has 1 N–H and O–H groups in total. The summed E-state index contributed by atoms with van der Waals surface area (Å²) in [6, 6.07) is 5.48. The third-order valence-corrected chi connectivity index (χ3v) is 4.03. The molecule has 1 aliphatic rings. The first-order chi connectivity index (χ1) is 10.0. The van der Waals surface area contributed by atoms with Gasteiger partial charge in [0, 0.05) is 37.7 Å². The zero-order valence-electron chi connectivity index (χ0n) is 11.8. The van der Waals surface area contributed by atoms with Crippen molar-refractivity contribution in [2.75, 3.05) is 44.7 Å². The molecule has 2 rings (SSSR count). The maximum absolute atomic E-state index is 12.4. The molecule has 1 saturated heterocycles. The minimum atomic E-state index is -2.30. The van der Waals surface area contributed by atoms with E-state index in [1.165, 1.54) is 0 Å². The number of carbonyl (C=O) groups is 1. The smallest absolute Gasteiger partial charge is 0.253 e. The molecule has 1 heterocycles. The molecule has 21 heavy (non-hydrogen) atoms. The summed E-state index contributed by atoms with van der Waals surface area (Å²) in [5, 5.41) is 2.62. The number of carbonyl (C=O) groups excluding carboxylic acids is 1. The minimum Gasteiger partial charge on any atom is -0.368 e. The molecule has 0 spiro atoms. The lowest BCUT2D eigenvalue weighted by Crippen LogP contribution is -2.48. The number of rotatable bonds is 4. The monoisotopic (exact) mass is 361 g/mol. The van der Waals surface area contributed by atoms with Gasteiger partial charge in [-0.2, -0.15) is 0 Å². The van der Waals surface area contributed by atoms with Crippen LogP contribution in [0.15, 0.2) is 22.7 Å². The molecule has 1 fully saturated rings. The third-order valence-electron chi connectivity index (χ3n) is 3.54. The number of hydrogen-bond donors (Lipinski definition) is 1. The maximum atomic E-state index is 12.4. The summed E-state index contributed by atoms with van der Waals surface area (Å²) < 4.78 is 25.7. The topological polar surface area (TPSA) is 35.6 Å². The Bertz CT molecular complexity index is 505. The molecule has 0 saturated carbocycles. The Morgan fingerprint density at radius 1 is 1.33 bits per heavy atom. The van der Waals surface area contributed by atoms with E-state index in [0.29, 0.717) is 31.7 Å². The molecule has 116 valence electrons. The number of halogens is 3. The van der Waals surface area contributed by atoms with Gasteiger partial charge in [0.15, 0.2) is 0 Å². The van der Waals surface area contributed by atoms with Crippen molar-refractivity contribution in [3.05, 3.63) is 28.2 Å². The van der Waals surface area contributed by atoms with Crippen LogP contribution in [0.4, 0.5) is 14.5 Å². The van der Waals surface area contributed by atoms with E-state index in [2.05, 4.69) is 26.1 Å². The van der Waals surface area contributed by atoms with Crippen molar-refractivity contribution in [2.45, 2.75) is 6.43 Å². The van der Waals surface area contributed by atoms with E-state index in [-0.39, 0.29) is 12.5 Å². The van der Waals surface area contributed by atoms with Crippen LogP contribution in [0.5, 0.6) is 0 Å². The summed E-state index contributed by atoms with van der Waals surface area (Å²) in [7, 11) is 1.59. The van der Waals surface area contributed by atoms with Crippen molar-refractivity contribution in [2.24, 2.45) is 0 Å². The highest BCUT2D eigenvalue weighted by molar-refractivity contribution is 9.10. The molecule has 0 radical (unpaired) electrons. The summed E-state index contributed by atoms with van der Waals surface area (Å²) in [6.45, 7) is 2.23. The fraction of sp³-hybridized carbons (Fsp3) is 0.500. The van der Waals surface area contributed by atoms with Crippen LogP contribution < -0.4 is 10.2 Å². The number of alkyl halides is 2. The lowest BCUT2D eigenvalue weighted by Gasteiger charge is -2.36. The van der Waals surface area contributed by atoms with Crippen LogP contribution in [-0.4, -0.2) is 57.0 Å². The Kier molecular flexibility index (Phi) is 5.52. The second kappa shape index (κ2) is 7.17. The predicted molar refractivity (Wildman–Crippen MR) is 82.2 cm³/mol. The lowest BCUT2D eigenvalue weighted by atomic mass is 10.1. The number of benzene rings is 1. The van der Waals surface area contributed by atoms with E-state index in [4.69, 9.17) is 0 Å². The third kappa shape index (κ3) is 4.14. The Morgan fingerprint density at radius 3 is 2.57 bits per heavy atom. The highest BCUT2D eigenvalue weighted by Crippen LogP contribution is 2.26. The first-order valence-electron chi connectivity index (χ1n) is 6.78. The first-order valence-corrected chi connectivity index (χ1v) is 7.57. The Hall–Kier alpha value is -1.21. The fourth-order valence-corrected chi connectivity index (χ4v) is 2.81. The van der Waals surface area contributed by atoms with E-state index in [9.17, 15) is 13.6 Å². The van der Waals surface area contributed by atoms with Crippen LogP contribution in [0.2, 0.25) is 0 Å². The molecule has 7 heteroatoms. The summed E-state index contributed by atoms with van der Waals surface area (Å²) in [4.78, 5) is 15.8. The van der Waals surface area contributed by atoms with Gasteiger partial charge in [-0.25, -0.2) is 8.78 Å². The number of hydrogen-bond acceptors (Lipinski definition) is 3. The number of amides is 1. The highest BCUT2D eigenvalue weighted by Gasteiger charge is 2.23. The van der Waals surface area contributed by atoms with Gasteiger partial charge >= 0.3 is 0 Å². The Labute approximate surface area is 131 Å². The van der Waals surface area contributed by atoms with Crippen LogP contribution in [0.25, 0.3) is 0 Å². The number of nitrogens with one attached hydrogen (secondary N) is 1. The standard InChI is InChI=1S/C14H18BrF2N3O/c1-18-14(21)11-3-2-10(15)8-12(11)20-6-4-19(5-7-20)9-13(16)17/h2-3,8,13H,4-7,9H2,1H3,(H,18,21). The number of piperazine rings is 1. The average molecular weight is 362 g/mol. The summed E-state index contributed by atoms with van der Waals surface area (Å²) >= 11 is 3.41. The molecular weight excluding hydrogens is 344 g/mol. The second-order valence-corrected chi connectivity index (χ2v) is 5.84. The van der Waals surface area contributed by atoms with Crippen molar-refractivity contribution in [3.8, 4) is 0 Å². The van der Waals surface area contributed by atoms with Gasteiger partial charge in [0.2, 0.25) is 0 Å². The number of nitrogens with zero attached hydrogens (tertiary/aromatic N) is 2. The number of anilines is 1. The fourth-order valence-electron chi connectivity index (χ4n) is 2.46. The van der Waals surface area contributed by atoms with Crippen LogP contribution in [0.3, 0.4) is 0 Å². The van der Waals surface area contributed by atoms with Gasteiger partial charge in [-0.3, -0.25) is 9.69 Å². The molecule has 0 aromatic heterocycles. The summed E-state index contributed by atoms with van der Waals surface area (Å²) in [6.07, 6.45) is -2.30. The summed E-state index contributed by atoms with van der Waals surface area (Å²) in [5.74, 6) is -0.146. The summed E-state index contributed by atoms with van der Waals surface area (Å²) in [5.41, 5.74) is 1.43. The van der Waals surface area contributed by atoms with Crippen LogP contribution in [-0.2, 0) is 0 Å². The lowest BCUT2D eigenvalue weighted by molar-refractivity contribution is 0.0854. The molecule has 0 bridgehead atoms. The van der Waals surface area contributed by atoms with Crippen molar-refractivity contribution in [1.82, 2.24) is 10.2 Å². The van der Waals surface area contributed by atoms with Crippen molar-refractivity contribution in [1.29, 1.82) is 0 Å². The predicted octanol–water partition coefficient (Wildman–Crippen LogP) is 2.20. The highest BCUT2D eigenvalue weighted by atomic mass is 79.9. The average Bonchev–Trinajstić information content (AvgIpc) is 2.46. The normalized spacial score (nSPS) is 16.3. The largest absolute Gasteiger partial charge is 0.368 e. The van der Waals surface area contributed by atoms with Crippen LogP contribution in [0, 0.1) is 0 Å².